The van der Waals surface area contributed by atoms with Gasteiger partial charge in [0.05, 0.1) is 11.7 Å². The second-order valence-corrected chi connectivity index (χ2v) is 5.01. The van der Waals surface area contributed by atoms with E-state index in [4.69, 9.17) is 0 Å². The first kappa shape index (κ1) is 14.7. The van der Waals surface area contributed by atoms with Crippen molar-refractivity contribution in [1.82, 2.24) is 15.2 Å². The van der Waals surface area contributed by atoms with Crippen molar-refractivity contribution in [1.29, 1.82) is 0 Å². The Balaban J connectivity index is 2.21. The van der Waals surface area contributed by atoms with Gasteiger partial charge in [-0.05, 0) is 44.8 Å². The lowest BCUT2D eigenvalue weighted by molar-refractivity contribution is 0.270. The maximum Gasteiger partial charge on any atom is 0.0773 e. The summed E-state index contributed by atoms with van der Waals surface area (Å²) in [6.45, 7) is 2.07. The number of nitrogens with one attached hydrogen (secondary N) is 1. The van der Waals surface area contributed by atoms with Crippen LogP contribution in [0.5, 0.6) is 0 Å². The van der Waals surface area contributed by atoms with Crippen LogP contribution in [0.25, 0.3) is 0 Å². The summed E-state index contributed by atoms with van der Waals surface area (Å²) in [5, 5.41) is 3.20. The molecule has 3 nitrogen and oxygen atoms in total. The van der Waals surface area contributed by atoms with Gasteiger partial charge in [-0.25, -0.2) is 0 Å². The fourth-order valence-electron chi connectivity index (χ4n) is 2.46. The maximum atomic E-state index is 4.55. The van der Waals surface area contributed by atoms with E-state index in [2.05, 4.69) is 64.7 Å². The van der Waals surface area contributed by atoms with Gasteiger partial charge in [0.15, 0.2) is 0 Å². The van der Waals surface area contributed by atoms with E-state index in [-0.39, 0.29) is 6.04 Å². The summed E-state index contributed by atoms with van der Waals surface area (Å²) in [6, 6.07) is 16.9. The SMILES string of the molecule is CNCCCN(C)C(c1ccccc1)c1ccccn1. The smallest absolute Gasteiger partial charge is 0.0773 e. The molecule has 2 rings (SSSR count). The lowest BCUT2D eigenvalue weighted by Crippen LogP contribution is -2.29. The van der Waals surface area contributed by atoms with Crippen molar-refractivity contribution in [3.63, 3.8) is 0 Å². The molecular weight excluding hydrogens is 246 g/mol. The molecule has 3 heteroatoms. The molecule has 20 heavy (non-hydrogen) atoms. The normalized spacial score (nSPS) is 12.6. The Morgan fingerprint density at radius 2 is 1.85 bits per heavy atom. The Hall–Kier alpha value is -1.71. The third-order valence-corrected chi connectivity index (χ3v) is 3.46. The van der Waals surface area contributed by atoms with Crippen molar-refractivity contribution in [2.45, 2.75) is 12.5 Å². The molecule has 1 unspecified atom stereocenters. The molecule has 0 radical (unpaired) electrons. The van der Waals surface area contributed by atoms with Crippen molar-refractivity contribution in [2.24, 2.45) is 0 Å². The zero-order valence-corrected chi connectivity index (χ0v) is 12.3. The molecule has 0 saturated heterocycles. The minimum Gasteiger partial charge on any atom is -0.320 e. The number of hydrogen-bond donors (Lipinski definition) is 1. The lowest BCUT2D eigenvalue weighted by Gasteiger charge is -2.28. The molecular formula is C17H23N3. The number of nitrogens with zero attached hydrogens (tertiary/aromatic N) is 2. The molecule has 0 bridgehead atoms. The highest BCUT2D eigenvalue weighted by molar-refractivity contribution is 5.27. The van der Waals surface area contributed by atoms with Crippen LogP contribution in [0.3, 0.4) is 0 Å². The summed E-state index contributed by atoms with van der Waals surface area (Å²) in [7, 11) is 4.16. The van der Waals surface area contributed by atoms with Crippen molar-refractivity contribution in [2.75, 3.05) is 27.2 Å². The highest BCUT2D eigenvalue weighted by Gasteiger charge is 2.19. The Morgan fingerprint density at radius 1 is 1.10 bits per heavy atom. The molecule has 0 amide bonds. The molecule has 1 heterocycles. The van der Waals surface area contributed by atoms with Gasteiger partial charge in [0.2, 0.25) is 0 Å². The predicted molar refractivity (Wildman–Crippen MR) is 83.7 cm³/mol. The molecule has 0 fully saturated rings. The van der Waals surface area contributed by atoms with Crippen LogP contribution < -0.4 is 5.32 Å². The molecule has 1 N–H and O–H groups in total. The zero-order valence-electron chi connectivity index (χ0n) is 12.3. The van der Waals surface area contributed by atoms with Crippen LogP contribution in [0, 0.1) is 0 Å². The molecule has 106 valence electrons. The van der Waals surface area contributed by atoms with Gasteiger partial charge >= 0.3 is 0 Å². The average molecular weight is 269 g/mol. The van der Waals surface area contributed by atoms with Gasteiger partial charge in [-0.15, -0.1) is 0 Å². The van der Waals surface area contributed by atoms with E-state index in [1.807, 2.05) is 19.3 Å². The Bertz CT molecular complexity index is 445. The van der Waals surface area contributed by atoms with Crippen LogP contribution >= 0.6 is 0 Å². The minimum absolute atomic E-state index is 0.217. The van der Waals surface area contributed by atoms with Crippen molar-refractivity contribution >= 4 is 0 Å². The van der Waals surface area contributed by atoms with Crippen molar-refractivity contribution in [3.8, 4) is 0 Å². The first-order chi connectivity index (χ1) is 9.83. The summed E-state index contributed by atoms with van der Waals surface area (Å²) in [5.74, 6) is 0. The summed E-state index contributed by atoms with van der Waals surface area (Å²) in [6.07, 6.45) is 3.00. The monoisotopic (exact) mass is 269 g/mol. The molecule has 2 aromatic rings. The van der Waals surface area contributed by atoms with Gasteiger partial charge in [-0.3, -0.25) is 9.88 Å². The molecule has 0 aliphatic carbocycles. The number of pyridine rings is 1. The van der Waals surface area contributed by atoms with Crippen LogP contribution in [0.15, 0.2) is 54.7 Å². The predicted octanol–water partition coefficient (Wildman–Crippen LogP) is 2.71. The Morgan fingerprint density at radius 3 is 2.50 bits per heavy atom. The molecule has 0 aliphatic heterocycles. The van der Waals surface area contributed by atoms with Crippen LogP contribution in [0.1, 0.15) is 23.7 Å². The Kier molecular flexibility index (Phi) is 5.71. The first-order valence-electron chi connectivity index (χ1n) is 7.13. The van der Waals surface area contributed by atoms with Gasteiger partial charge in [0.1, 0.15) is 0 Å². The molecule has 0 spiro atoms. The zero-order chi connectivity index (χ0) is 14.2. The number of aromatic nitrogens is 1. The van der Waals surface area contributed by atoms with E-state index in [1.165, 1.54) is 5.56 Å². The largest absolute Gasteiger partial charge is 0.320 e. The van der Waals surface area contributed by atoms with Crippen LogP contribution in [-0.4, -0.2) is 37.1 Å². The lowest BCUT2D eigenvalue weighted by atomic mass is 10.0. The quantitative estimate of drug-likeness (QED) is 0.783. The summed E-state index contributed by atoms with van der Waals surface area (Å²) in [5.41, 5.74) is 2.39. The summed E-state index contributed by atoms with van der Waals surface area (Å²) in [4.78, 5) is 6.92. The van der Waals surface area contributed by atoms with Gasteiger partial charge < -0.3 is 5.32 Å². The molecule has 1 atom stereocenters. The van der Waals surface area contributed by atoms with E-state index in [0.29, 0.717) is 0 Å². The fourth-order valence-corrected chi connectivity index (χ4v) is 2.46. The topological polar surface area (TPSA) is 28.2 Å². The van der Waals surface area contributed by atoms with E-state index < -0.39 is 0 Å². The van der Waals surface area contributed by atoms with Gasteiger partial charge in [-0.2, -0.15) is 0 Å². The van der Waals surface area contributed by atoms with Gasteiger partial charge in [-0.1, -0.05) is 36.4 Å². The molecule has 0 saturated carbocycles. The van der Waals surface area contributed by atoms with Gasteiger partial charge in [0.25, 0.3) is 0 Å². The summed E-state index contributed by atoms with van der Waals surface area (Å²) < 4.78 is 0. The van der Waals surface area contributed by atoms with Gasteiger partial charge in [0, 0.05) is 12.7 Å². The van der Waals surface area contributed by atoms with E-state index in [9.17, 15) is 0 Å². The number of benzene rings is 1. The second-order valence-electron chi connectivity index (χ2n) is 5.01. The van der Waals surface area contributed by atoms with Crippen molar-refractivity contribution in [3.05, 3.63) is 66.0 Å². The second kappa shape index (κ2) is 7.78. The summed E-state index contributed by atoms with van der Waals surface area (Å²) >= 11 is 0. The molecule has 1 aromatic carbocycles. The molecule has 0 aliphatic rings. The average Bonchev–Trinajstić information content (AvgIpc) is 2.50. The maximum absolute atomic E-state index is 4.55. The van der Waals surface area contributed by atoms with E-state index >= 15 is 0 Å². The Labute approximate surface area is 121 Å². The highest BCUT2D eigenvalue weighted by Crippen LogP contribution is 2.25. The van der Waals surface area contributed by atoms with Crippen molar-refractivity contribution < 1.29 is 0 Å². The van der Waals surface area contributed by atoms with Crippen LogP contribution in [-0.2, 0) is 0 Å². The standard InChI is InChI=1S/C17H23N3/c1-18-12-8-14-20(2)17(15-9-4-3-5-10-15)16-11-6-7-13-19-16/h3-7,9-11,13,17-18H,8,12,14H2,1-2H3. The van der Waals surface area contributed by atoms with Crippen LogP contribution in [0.2, 0.25) is 0 Å². The first-order valence-corrected chi connectivity index (χ1v) is 7.13. The third kappa shape index (κ3) is 3.89. The number of hydrogen-bond acceptors (Lipinski definition) is 3. The van der Waals surface area contributed by atoms with E-state index in [0.717, 1.165) is 25.2 Å². The molecule has 1 aromatic heterocycles. The van der Waals surface area contributed by atoms with Crippen LogP contribution in [0.4, 0.5) is 0 Å². The fraction of sp³-hybridized carbons (Fsp3) is 0.353. The van der Waals surface area contributed by atoms with E-state index in [1.54, 1.807) is 0 Å². The minimum atomic E-state index is 0.217. The number of rotatable bonds is 7. The third-order valence-electron chi connectivity index (χ3n) is 3.46. The highest BCUT2D eigenvalue weighted by atomic mass is 15.1.